The van der Waals surface area contributed by atoms with E-state index in [0.717, 1.165) is 32.5 Å². The molecule has 0 spiro atoms. The molecule has 2 saturated heterocycles. The topological polar surface area (TPSA) is 49.9 Å². The Bertz CT molecular complexity index is 374. The first-order valence-electron chi connectivity index (χ1n) is 7.93. The predicted octanol–water partition coefficient (Wildman–Crippen LogP) is 1.30. The second-order valence-electron chi connectivity index (χ2n) is 5.76. The highest BCUT2D eigenvalue weighted by atomic mass is 32.2. The molecule has 6 heteroatoms. The summed E-state index contributed by atoms with van der Waals surface area (Å²) in [4.78, 5) is 2.40. The predicted molar refractivity (Wildman–Crippen MR) is 80.3 cm³/mol. The fourth-order valence-corrected chi connectivity index (χ4v) is 4.47. The van der Waals surface area contributed by atoms with Crippen molar-refractivity contribution >= 4 is 10.0 Å². The molecule has 2 heterocycles. The van der Waals surface area contributed by atoms with E-state index in [9.17, 15) is 8.42 Å². The molecule has 0 aliphatic carbocycles. The Morgan fingerprint density at radius 3 is 2.40 bits per heavy atom. The van der Waals surface area contributed by atoms with Gasteiger partial charge in [0.2, 0.25) is 10.0 Å². The minimum absolute atomic E-state index is 0.137. The van der Waals surface area contributed by atoms with E-state index in [4.69, 9.17) is 4.74 Å². The lowest BCUT2D eigenvalue weighted by Gasteiger charge is -2.35. The minimum Gasteiger partial charge on any atom is -0.381 e. The van der Waals surface area contributed by atoms with Crippen molar-refractivity contribution in [1.82, 2.24) is 9.21 Å². The Labute approximate surface area is 123 Å². The number of rotatable bonds is 6. The van der Waals surface area contributed by atoms with Gasteiger partial charge in [0.05, 0.1) is 5.75 Å². The lowest BCUT2D eigenvalue weighted by molar-refractivity contribution is 0.0558. The molecule has 0 aromatic carbocycles. The van der Waals surface area contributed by atoms with E-state index in [-0.39, 0.29) is 11.8 Å². The second kappa shape index (κ2) is 7.73. The lowest BCUT2D eigenvalue weighted by Crippen LogP contribution is -2.48. The van der Waals surface area contributed by atoms with Gasteiger partial charge in [0.25, 0.3) is 0 Å². The molecule has 5 nitrogen and oxygen atoms in total. The molecular weight excluding hydrogens is 276 g/mol. The van der Waals surface area contributed by atoms with Crippen LogP contribution in [0.25, 0.3) is 0 Å². The second-order valence-corrected chi connectivity index (χ2v) is 7.97. The maximum atomic E-state index is 12.3. The highest BCUT2D eigenvalue weighted by molar-refractivity contribution is 7.89. The van der Waals surface area contributed by atoms with Crippen LogP contribution in [0.3, 0.4) is 0 Å². The van der Waals surface area contributed by atoms with Crippen LogP contribution in [0.4, 0.5) is 0 Å². The molecule has 0 radical (unpaired) electrons. The van der Waals surface area contributed by atoms with Gasteiger partial charge in [0.15, 0.2) is 0 Å². The largest absolute Gasteiger partial charge is 0.381 e. The quantitative estimate of drug-likeness (QED) is 0.742. The maximum absolute atomic E-state index is 12.3. The van der Waals surface area contributed by atoms with E-state index >= 15 is 0 Å². The van der Waals surface area contributed by atoms with Gasteiger partial charge in [-0.3, -0.25) is 0 Å². The molecular formula is C14H28N2O3S. The number of sulfonamides is 1. The Morgan fingerprint density at radius 2 is 1.80 bits per heavy atom. The normalized spacial score (nSPS) is 23.3. The Morgan fingerprint density at radius 1 is 1.15 bits per heavy atom. The summed E-state index contributed by atoms with van der Waals surface area (Å²) in [6, 6.07) is 0.137. The van der Waals surface area contributed by atoms with Crippen LogP contribution >= 0.6 is 0 Å². The van der Waals surface area contributed by atoms with Crippen LogP contribution in [0.5, 0.6) is 0 Å². The number of hydrogen-bond acceptors (Lipinski definition) is 4. The molecule has 20 heavy (non-hydrogen) atoms. The Kier molecular flexibility index (Phi) is 6.26. The summed E-state index contributed by atoms with van der Waals surface area (Å²) in [6.07, 6.45) is 5.47. The first kappa shape index (κ1) is 16.2. The number of piperidine rings is 1. The van der Waals surface area contributed by atoms with Gasteiger partial charge >= 0.3 is 0 Å². The van der Waals surface area contributed by atoms with Crippen LogP contribution in [-0.2, 0) is 14.8 Å². The van der Waals surface area contributed by atoms with Crippen molar-refractivity contribution < 1.29 is 13.2 Å². The molecule has 0 atom stereocenters. The number of hydrogen-bond donors (Lipinski definition) is 0. The van der Waals surface area contributed by atoms with Crippen molar-refractivity contribution in [3.05, 3.63) is 0 Å². The van der Waals surface area contributed by atoms with E-state index in [0.29, 0.717) is 19.8 Å². The van der Waals surface area contributed by atoms with Crippen molar-refractivity contribution in [2.24, 2.45) is 0 Å². The molecule has 2 aliphatic heterocycles. The average Bonchev–Trinajstić information content (AvgIpc) is 2.49. The zero-order chi connectivity index (χ0) is 14.4. The zero-order valence-electron chi connectivity index (χ0n) is 12.6. The third kappa shape index (κ3) is 4.41. The maximum Gasteiger partial charge on any atom is 0.214 e. The van der Waals surface area contributed by atoms with Gasteiger partial charge in [-0.1, -0.05) is 6.42 Å². The first-order valence-corrected chi connectivity index (χ1v) is 9.54. The van der Waals surface area contributed by atoms with Crippen LogP contribution in [0.1, 0.15) is 39.0 Å². The van der Waals surface area contributed by atoms with Crippen molar-refractivity contribution in [2.45, 2.75) is 45.1 Å². The van der Waals surface area contributed by atoms with Crippen LogP contribution in [0, 0.1) is 0 Å². The van der Waals surface area contributed by atoms with Crippen molar-refractivity contribution in [2.75, 3.05) is 45.1 Å². The van der Waals surface area contributed by atoms with Crippen LogP contribution < -0.4 is 0 Å². The van der Waals surface area contributed by atoms with E-state index in [1.807, 2.05) is 0 Å². The monoisotopic (exact) mass is 304 g/mol. The molecule has 0 aromatic heterocycles. The molecule has 0 N–H and O–H groups in total. The Balaban J connectivity index is 1.94. The number of nitrogens with zero attached hydrogens (tertiary/aromatic N) is 2. The molecule has 0 saturated carbocycles. The van der Waals surface area contributed by atoms with Crippen molar-refractivity contribution in [3.8, 4) is 0 Å². The van der Waals surface area contributed by atoms with Gasteiger partial charge in [-0.2, -0.15) is 4.31 Å². The third-order valence-corrected chi connectivity index (χ3v) is 6.33. The molecule has 0 aromatic rings. The van der Waals surface area contributed by atoms with Gasteiger partial charge in [-0.25, -0.2) is 8.42 Å². The highest BCUT2D eigenvalue weighted by Crippen LogP contribution is 2.19. The van der Waals surface area contributed by atoms with Gasteiger partial charge in [0.1, 0.15) is 0 Å². The summed E-state index contributed by atoms with van der Waals surface area (Å²) in [5.74, 6) is 0.199. The first-order chi connectivity index (χ1) is 9.63. The molecule has 2 fully saturated rings. The van der Waals surface area contributed by atoms with E-state index in [2.05, 4.69) is 4.90 Å². The number of likely N-dealkylation sites (tertiary alicyclic amines) is 1. The summed E-state index contributed by atoms with van der Waals surface area (Å²) in [5, 5.41) is 0. The molecule has 118 valence electrons. The minimum atomic E-state index is -3.11. The molecule has 0 bridgehead atoms. The van der Waals surface area contributed by atoms with Crippen LogP contribution in [0.2, 0.25) is 0 Å². The van der Waals surface area contributed by atoms with Crippen LogP contribution in [0.15, 0.2) is 0 Å². The van der Waals surface area contributed by atoms with Crippen molar-refractivity contribution in [1.29, 1.82) is 0 Å². The van der Waals surface area contributed by atoms with Gasteiger partial charge in [0, 0.05) is 32.3 Å². The van der Waals surface area contributed by atoms with E-state index in [1.165, 1.54) is 19.3 Å². The standard InChI is InChI=1S/C14H28N2O3S/c1-2-20(17,18)16(14-6-12-19-13-7-14)11-10-15-8-4-3-5-9-15/h14H,2-13H2,1H3. The molecule has 0 amide bonds. The fourth-order valence-electron chi connectivity index (χ4n) is 3.11. The lowest BCUT2D eigenvalue weighted by atomic mass is 10.1. The summed E-state index contributed by atoms with van der Waals surface area (Å²) in [7, 11) is -3.11. The Hall–Kier alpha value is -0.170. The number of ether oxygens (including phenoxy) is 1. The average molecular weight is 304 g/mol. The summed E-state index contributed by atoms with van der Waals surface area (Å²) >= 11 is 0. The fraction of sp³-hybridized carbons (Fsp3) is 1.00. The van der Waals surface area contributed by atoms with Crippen molar-refractivity contribution in [3.63, 3.8) is 0 Å². The van der Waals surface area contributed by atoms with Gasteiger partial charge in [-0.05, 0) is 45.7 Å². The van der Waals surface area contributed by atoms with E-state index < -0.39 is 10.0 Å². The SMILES string of the molecule is CCS(=O)(=O)N(CCN1CCCCC1)C1CCOCC1. The zero-order valence-corrected chi connectivity index (χ0v) is 13.4. The van der Waals surface area contributed by atoms with E-state index in [1.54, 1.807) is 11.2 Å². The summed E-state index contributed by atoms with van der Waals surface area (Å²) < 4.78 is 31.8. The van der Waals surface area contributed by atoms with Gasteiger partial charge < -0.3 is 9.64 Å². The molecule has 0 unspecified atom stereocenters. The highest BCUT2D eigenvalue weighted by Gasteiger charge is 2.30. The summed E-state index contributed by atoms with van der Waals surface area (Å²) in [5.41, 5.74) is 0. The molecule has 2 rings (SSSR count). The van der Waals surface area contributed by atoms with Gasteiger partial charge in [-0.15, -0.1) is 0 Å². The van der Waals surface area contributed by atoms with Crippen LogP contribution in [-0.4, -0.2) is 68.8 Å². The smallest absolute Gasteiger partial charge is 0.214 e. The summed E-state index contributed by atoms with van der Waals surface area (Å²) in [6.45, 7) is 6.86. The third-order valence-electron chi connectivity index (χ3n) is 4.41. The molecule has 2 aliphatic rings.